The molecule has 2 heterocycles. The number of hydrogen-bond donors (Lipinski definition) is 4. The van der Waals surface area contributed by atoms with Crippen molar-refractivity contribution in [1.82, 2.24) is 35.3 Å². The summed E-state index contributed by atoms with van der Waals surface area (Å²) in [6, 6.07) is 15.4. The molecular formula is C41H63Cl2N11O3. The molecule has 5 rings (SSSR count). The van der Waals surface area contributed by atoms with Crippen LogP contribution in [0.25, 0.3) is 11.1 Å². The highest BCUT2D eigenvalue weighted by Crippen LogP contribution is 2.28. The molecule has 2 aromatic heterocycles. The van der Waals surface area contributed by atoms with Gasteiger partial charge in [-0.15, -0.1) is 35.0 Å². The number of guanidine groups is 1. The van der Waals surface area contributed by atoms with Crippen LogP contribution in [0.15, 0.2) is 65.9 Å². The van der Waals surface area contributed by atoms with E-state index in [1.54, 1.807) is 9.36 Å². The topological polar surface area (TPSA) is 199 Å². The van der Waals surface area contributed by atoms with Gasteiger partial charge in [0.15, 0.2) is 5.96 Å². The molecule has 7 N–H and O–H groups in total. The van der Waals surface area contributed by atoms with E-state index in [9.17, 15) is 4.79 Å². The summed E-state index contributed by atoms with van der Waals surface area (Å²) in [6.07, 6.45) is 15.5. The molecular weight excluding hydrogens is 765 g/mol. The van der Waals surface area contributed by atoms with Crippen molar-refractivity contribution < 1.29 is 14.3 Å². The first-order chi connectivity index (χ1) is 26.7. The van der Waals surface area contributed by atoms with Crippen molar-refractivity contribution in [3.05, 3.63) is 72.3 Å². The van der Waals surface area contributed by atoms with Gasteiger partial charge in [0.05, 0.1) is 25.0 Å². The number of carbonyl (C=O) groups is 1. The van der Waals surface area contributed by atoms with Gasteiger partial charge in [0.2, 0.25) is 5.91 Å². The number of benzene rings is 2. The Bertz CT molecular complexity index is 1760. The van der Waals surface area contributed by atoms with Gasteiger partial charge in [0.1, 0.15) is 29.8 Å². The molecule has 14 nitrogen and oxygen atoms in total. The lowest BCUT2D eigenvalue weighted by atomic mass is 9.86. The van der Waals surface area contributed by atoms with Gasteiger partial charge in [0, 0.05) is 18.8 Å². The Hall–Kier alpha value is -4.40. The largest absolute Gasteiger partial charge is 0.494 e. The van der Waals surface area contributed by atoms with E-state index in [0.29, 0.717) is 56.6 Å². The number of amides is 1. The van der Waals surface area contributed by atoms with Crippen molar-refractivity contribution in [2.75, 3.05) is 19.7 Å². The van der Waals surface area contributed by atoms with E-state index in [4.69, 9.17) is 26.7 Å². The number of nitrogens with one attached hydrogen (secondary N) is 1. The molecule has 0 radical (unpaired) electrons. The monoisotopic (exact) mass is 827 g/mol. The fourth-order valence-corrected chi connectivity index (χ4v) is 6.96. The highest BCUT2D eigenvalue weighted by Gasteiger charge is 2.26. The second-order valence-electron chi connectivity index (χ2n) is 15.2. The Labute approximate surface area is 349 Å². The summed E-state index contributed by atoms with van der Waals surface area (Å²) in [5.41, 5.74) is 20.7. The molecule has 2 aromatic carbocycles. The van der Waals surface area contributed by atoms with Crippen LogP contribution >= 0.6 is 24.8 Å². The quantitative estimate of drug-likeness (QED) is 0.0368. The van der Waals surface area contributed by atoms with Crippen molar-refractivity contribution in [1.29, 1.82) is 0 Å². The van der Waals surface area contributed by atoms with Crippen molar-refractivity contribution in [3.63, 3.8) is 0 Å². The van der Waals surface area contributed by atoms with Gasteiger partial charge >= 0.3 is 0 Å². The summed E-state index contributed by atoms with van der Waals surface area (Å²) >= 11 is 0. The molecule has 1 saturated carbocycles. The number of rotatable bonds is 23. The minimum Gasteiger partial charge on any atom is -0.494 e. The summed E-state index contributed by atoms with van der Waals surface area (Å²) in [5, 5.41) is 20.9. The van der Waals surface area contributed by atoms with Crippen LogP contribution in [0.1, 0.15) is 102 Å². The molecule has 314 valence electrons. The molecule has 4 aromatic rings. The SMILES string of the molecule is CC(C)CCOc1ccc(-c2cccc(OCc3cn(C[C@@H](CCCCN)NC(=O)[C@@H](CCCN=C(N)N)n4cc(CC5CCCCC5)nn4)nn3)c2)cc1.Cl.Cl. The van der Waals surface area contributed by atoms with Crippen LogP contribution in [0.5, 0.6) is 11.5 Å². The molecule has 2 atom stereocenters. The van der Waals surface area contributed by atoms with Gasteiger partial charge in [0.25, 0.3) is 0 Å². The van der Waals surface area contributed by atoms with Crippen molar-refractivity contribution in [3.8, 4) is 22.6 Å². The molecule has 1 fully saturated rings. The number of hydrogen-bond acceptors (Lipinski definition) is 9. The Kier molecular flexibility index (Phi) is 20.7. The highest BCUT2D eigenvalue weighted by atomic mass is 35.5. The predicted molar refractivity (Wildman–Crippen MR) is 230 cm³/mol. The van der Waals surface area contributed by atoms with Gasteiger partial charge in [-0.1, -0.05) is 87.1 Å². The van der Waals surface area contributed by atoms with E-state index in [0.717, 1.165) is 60.4 Å². The smallest absolute Gasteiger partial charge is 0.245 e. The molecule has 57 heavy (non-hydrogen) atoms. The average molecular weight is 829 g/mol. The average Bonchev–Trinajstić information content (AvgIpc) is 3.84. The number of aliphatic imine (C=N–C) groups is 1. The predicted octanol–water partition coefficient (Wildman–Crippen LogP) is 6.42. The van der Waals surface area contributed by atoms with Crippen LogP contribution in [-0.4, -0.2) is 67.6 Å². The molecule has 0 spiro atoms. The Balaban J connectivity index is 0.00000435. The number of unbranched alkanes of at least 4 members (excludes halogenated alkanes) is 1. The second kappa shape index (κ2) is 25.1. The van der Waals surface area contributed by atoms with Crippen molar-refractivity contribution in [2.24, 2.45) is 34.0 Å². The summed E-state index contributed by atoms with van der Waals surface area (Å²) in [4.78, 5) is 18.1. The zero-order valence-electron chi connectivity index (χ0n) is 33.5. The Morgan fingerprint density at radius 2 is 1.65 bits per heavy atom. The van der Waals surface area contributed by atoms with Crippen molar-refractivity contribution >= 4 is 36.7 Å². The van der Waals surface area contributed by atoms with Crippen LogP contribution in [0, 0.1) is 11.8 Å². The van der Waals surface area contributed by atoms with E-state index >= 15 is 0 Å². The maximum Gasteiger partial charge on any atom is 0.245 e. The van der Waals surface area contributed by atoms with E-state index in [1.165, 1.54) is 32.1 Å². The zero-order valence-corrected chi connectivity index (χ0v) is 35.1. The Morgan fingerprint density at radius 1 is 0.877 bits per heavy atom. The second-order valence-corrected chi connectivity index (χ2v) is 15.2. The fraction of sp³-hybridized carbons (Fsp3) is 0.561. The van der Waals surface area contributed by atoms with Crippen molar-refractivity contribution in [2.45, 2.75) is 116 Å². The van der Waals surface area contributed by atoms with Crippen LogP contribution in [-0.2, 0) is 24.4 Å². The number of ether oxygens (including phenoxy) is 2. The minimum absolute atomic E-state index is 0. The number of aromatic nitrogens is 6. The molecule has 16 heteroatoms. The van der Waals surface area contributed by atoms with Crippen LogP contribution < -0.4 is 32.0 Å². The standard InChI is InChI=1S/C41H61N11O3.2ClH/c1-30(2)20-23-54-37-18-16-32(17-19-37)33-12-8-14-38(25-33)55-29-36-27-51(49-48-36)26-34(13-6-7-21-42)46-40(53)39(15-9-22-45-41(43)44)52-28-35(47-50-52)24-31-10-4-3-5-11-31;;/h8,12,14,16-19,25,27-28,30-31,34,39H,3-7,9-11,13,15,20-24,26,29,42H2,1-2H3,(H,46,53)(H4,43,44,45);2*1H/t34-,39-;;/m1../s1. The summed E-state index contributed by atoms with van der Waals surface area (Å²) < 4.78 is 15.5. The van der Waals surface area contributed by atoms with Crippen LogP contribution in [0.3, 0.4) is 0 Å². The minimum atomic E-state index is -0.560. The molecule has 0 bridgehead atoms. The molecule has 1 aliphatic rings. The molecule has 1 amide bonds. The maximum atomic E-state index is 14.0. The zero-order chi connectivity index (χ0) is 38.8. The molecule has 0 saturated heterocycles. The number of carbonyl (C=O) groups excluding carboxylic acids is 1. The number of halogens is 2. The third kappa shape index (κ3) is 16.2. The van der Waals surface area contributed by atoms with E-state index < -0.39 is 6.04 Å². The third-order valence-corrected chi connectivity index (χ3v) is 10.1. The normalized spacial score (nSPS) is 13.9. The lowest BCUT2D eigenvalue weighted by Crippen LogP contribution is -2.42. The summed E-state index contributed by atoms with van der Waals surface area (Å²) in [6.45, 7) is 6.80. The first kappa shape index (κ1) is 47.0. The number of nitrogens with zero attached hydrogens (tertiary/aromatic N) is 7. The summed E-state index contributed by atoms with van der Waals surface area (Å²) in [5.74, 6) is 2.73. The molecule has 0 aliphatic heterocycles. The highest BCUT2D eigenvalue weighted by molar-refractivity contribution is 5.85. The molecule has 1 aliphatic carbocycles. The Morgan fingerprint density at radius 3 is 2.39 bits per heavy atom. The first-order valence-corrected chi connectivity index (χ1v) is 20.1. The van der Waals surface area contributed by atoms with Gasteiger partial charge in [-0.05, 0) is 92.3 Å². The first-order valence-electron chi connectivity index (χ1n) is 20.1. The van der Waals surface area contributed by atoms with Crippen LogP contribution in [0.2, 0.25) is 0 Å². The van der Waals surface area contributed by atoms with Gasteiger partial charge in [-0.2, -0.15) is 0 Å². The van der Waals surface area contributed by atoms with E-state index in [2.05, 4.69) is 63.0 Å². The molecule has 0 unspecified atom stereocenters. The lowest BCUT2D eigenvalue weighted by Gasteiger charge is -2.23. The fourth-order valence-electron chi connectivity index (χ4n) is 6.96. The lowest BCUT2D eigenvalue weighted by molar-refractivity contribution is -0.125. The van der Waals surface area contributed by atoms with Gasteiger partial charge in [-0.3, -0.25) is 14.5 Å². The third-order valence-electron chi connectivity index (χ3n) is 10.1. The van der Waals surface area contributed by atoms with Gasteiger partial charge in [-0.25, -0.2) is 4.68 Å². The van der Waals surface area contributed by atoms with E-state index in [1.807, 2.05) is 42.7 Å². The van der Waals surface area contributed by atoms with Crippen LogP contribution in [0.4, 0.5) is 0 Å². The number of nitrogens with two attached hydrogens (primary N) is 3. The van der Waals surface area contributed by atoms with Gasteiger partial charge < -0.3 is 32.0 Å². The maximum absolute atomic E-state index is 14.0. The van der Waals surface area contributed by atoms with E-state index in [-0.39, 0.29) is 49.3 Å². The summed E-state index contributed by atoms with van der Waals surface area (Å²) in [7, 11) is 0.